The van der Waals surface area contributed by atoms with Gasteiger partial charge in [-0.15, -0.1) is 0 Å². The third kappa shape index (κ3) is 4.62. The molecule has 0 amide bonds. The first kappa shape index (κ1) is 14.2. The molecule has 1 aromatic rings. The van der Waals surface area contributed by atoms with Gasteiger partial charge in [-0.25, -0.2) is 0 Å². The molecule has 0 spiro atoms. The highest BCUT2D eigenvalue weighted by Gasteiger charge is 1.99. The molecule has 2 radical (unpaired) electrons. The van der Waals surface area contributed by atoms with Gasteiger partial charge in [0.1, 0.15) is 19.9 Å². The minimum Gasteiger partial charge on any atom is -0.491 e. The van der Waals surface area contributed by atoms with E-state index in [4.69, 9.17) is 17.4 Å². The average Bonchev–Trinajstić information content (AvgIpc) is 2.15. The smallest absolute Gasteiger partial charge is 0.129 e. The number of benzene rings is 1. The van der Waals surface area contributed by atoms with Crippen LogP contribution in [0.15, 0.2) is 24.3 Å². The maximum absolute atomic E-state index is 8.53. The van der Waals surface area contributed by atoms with Crippen LogP contribution in [0.3, 0.4) is 0 Å². The van der Waals surface area contributed by atoms with Gasteiger partial charge in [0.2, 0.25) is 0 Å². The molecule has 14 heavy (non-hydrogen) atoms. The van der Waals surface area contributed by atoms with Gasteiger partial charge < -0.3 is 9.84 Å². The van der Waals surface area contributed by atoms with Crippen LogP contribution >= 0.6 is 27.5 Å². The molecule has 5 heteroatoms. The predicted molar refractivity (Wildman–Crippen MR) is 72.1 cm³/mol. The van der Waals surface area contributed by atoms with Crippen LogP contribution in [0.4, 0.5) is 0 Å². The fourth-order valence-electron chi connectivity index (χ4n) is 0.848. The van der Waals surface area contributed by atoms with Crippen molar-refractivity contribution in [2.45, 2.75) is 7.43 Å². The van der Waals surface area contributed by atoms with Gasteiger partial charge >= 0.3 is 0 Å². The first-order valence-corrected chi connectivity index (χ1v) is 7.98. The van der Waals surface area contributed by atoms with Crippen LogP contribution in [-0.2, 0) is 0 Å². The summed E-state index contributed by atoms with van der Waals surface area (Å²) >= 11 is 2.21. The lowest BCUT2D eigenvalue weighted by molar-refractivity contribution is 0.201. The van der Waals surface area contributed by atoms with Crippen molar-refractivity contribution in [3.05, 3.63) is 24.3 Å². The zero-order chi connectivity index (χ0) is 9.68. The number of hydrogen-bond acceptors (Lipinski definition) is 2. The highest BCUT2D eigenvalue weighted by atomic mass is 127. The third-order valence-electron chi connectivity index (χ3n) is 1.44. The van der Waals surface area contributed by atoms with Crippen molar-refractivity contribution >= 4 is 40.4 Å². The predicted octanol–water partition coefficient (Wildman–Crippen LogP) is 2.23. The Balaban J connectivity index is 0.00000169. The zero-order valence-corrected chi connectivity index (χ0v) is 10.0. The van der Waals surface area contributed by atoms with Crippen LogP contribution in [0.5, 0.6) is 5.75 Å². The molecule has 1 rings (SSSR count). The number of hydrogen-bond donors (Lipinski definition) is 1. The van der Waals surface area contributed by atoms with E-state index in [0.717, 1.165) is 11.1 Å². The van der Waals surface area contributed by atoms with E-state index >= 15 is 0 Å². The summed E-state index contributed by atoms with van der Waals surface area (Å²) in [5.41, 5.74) is -0.556. The van der Waals surface area contributed by atoms with Crippen LogP contribution in [0, 0.1) is 0 Å². The first-order valence-electron chi connectivity index (χ1n) is 3.78. The summed E-state index contributed by atoms with van der Waals surface area (Å²) in [6.07, 6.45) is 0. The van der Waals surface area contributed by atoms with Crippen LogP contribution in [0.25, 0.3) is 0 Å². The summed E-state index contributed by atoms with van der Waals surface area (Å²) in [6, 6.07) is 7.63. The molecular weight excluding hydrogens is 309 g/mol. The van der Waals surface area contributed by atoms with Crippen molar-refractivity contribution in [2.75, 3.05) is 13.2 Å². The van der Waals surface area contributed by atoms with Crippen molar-refractivity contribution < 1.29 is 9.84 Å². The fraction of sp³-hybridized carbons (Fsp3) is 0.333. The monoisotopic (exact) mass is 322 g/mol. The van der Waals surface area contributed by atoms with Gasteiger partial charge in [0.05, 0.1) is 6.61 Å². The Morgan fingerprint density at radius 1 is 1.36 bits per heavy atom. The molecule has 0 aliphatic heterocycles. The van der Waals surface area contributed by atoms with E-state index in [1.165, 1.54) is 0 Å². The van der Waals surface area contributed by atoms with Crippen molar-refractivity contribution in [2.24, 2.45) is 0 Å². The lowest BCUT2D eigenvalue weighted by Crippen LogP contribution is -2.03. The van der Waals surface area contributed by atoms with Gasteiger partial charge in [-0.1, -0.05) is 47.0 Å². The number of aliphatic hydroxyl groups excluding tert-OH is 1. The fourth-order valence-corrected chi connectivity index (χ4v) is 2.25. The van der Waals surface area contributed by atoms with Crippen molar-refractivity contribution in [3.63, 3.8) is 0 Å². The van der Waals surface area contributed by atoms with Crippen LogP contribution in [-0.4, -0.2) is 25.9 Å². The van der Waals surface area contributed by atoms with E-state index in [0.29, 0.717) is 6.61 Å². The highest BCUT2D eigenvalue weighted by molar-refractivity contribution is 14.2. The molecule has 1 N–H and O–H groups in total. The summed E-state index contributed by atoms with van der Waals surface area (Å²) in [4.78, 5) is 0. The quantitative estimate of drug-likeness (QED) is 0.523. The van der Waals surface area contributed by atoms with E-state index < -0.39 is 5.44 Å². The molecule has 0 aromatic heterocycles. The number of ether oxygens (including phenoxy) is 1. The normalized spacial score (nSPS) is 11.6. The summed E-state index contributed by atoms with van der Waals surface area (Å²) in [5, 5.41) is 9.66. The molecule has 1 atom stereocenters. The minimum atomic E-state index is -0.556. The van der Waals surface area contributed by atoms with E-state index in [9.17, 15) is 0 Å². The number of rotatable bonds is 4. The second-order valence-electron chi connectivity index (χ2n) is 2.38. The Kier molecular flexibility index (Phi) is 7.60. The molecule has 1 aromatic carbocycles. The van der Waals surface area contributed by atoms with Gasteiger partial charge in [-0.3, -0.25) is 0 Å². The molecule has 0 aliphatic rings. The minimum absolute atomic E-state index is 0. The number of halogens is 1. The summed E-state index contributed by atoms with van der Waals surface area (Å²) < 4.78 is 5.20. The van der Waals surface area contributed by atoms with E-state index in [2.05, 4.69) is 22.0 Å². The highest BCUT2D eigenvalue weighted by Crippen LogP contribution is 2.37. The summed E-state index contributed by atoms with van der Waals surface area (Å²) in [7, 11) is 5.73. The topological polar surface area (TPSA) is 29.5 Å². The summed E-state index contributed by atoms with van der Waals surface area (Å²) in [6.45, 7) is 0.374. The maximum Gasteiger partial charge on any atom is 0.129 e. The Bertz CT molecular complexity index is 253. The average molecular weight is 322 g/mol. The van der Waals surface area contributed by atoms with E-state index in [1.807, 2.05) is 24.3 Å². The van der Waals surface area contributed by atoms with Crippen LogP contribution in [0.2, 0.25) is 0 Å². The van der Waals surface area contributed by atoms with Crippen molar-refractivity contribution in [1.82, 2.24) is 0 Å². The molecule has 0 saturated heterocycles. The molecule has 0 aliphatic carbocycles. The Hall–Kier alpha value is 0.205. The molecule has 0 saturated carbocycles. The Morgan fingerprint density at radius 3 is 2.36 bits per heavy atom. The zero-order valence-electron chi connectivity index (χ0n) is 6.98. The van der Waals surface area contributed by atoms with E-state index in [-0.39, 0.29) is 14.0 Å². The SMILES string of the molecule is C.[B]P(I)c1ccc(OCCO)cc1. The first-order chi connectivity index (χ1) is 6.24. The molecule has 2 nitrogen and oxygen atoms in total. The largest absolute Gasteiger partial charge is 0.491 e. The van der Waals surface area contributed by atoms with E-state index in [1.54, 1.807) is 0 Å². The summed E-state index contributed by atoms with van der Waals surface area (Å²) in [5.74, 6) is 0.769. The molecule has 0 heterocycles. The van der Waals surface area contributed by atoms with Crippen molar-refractivity contribution in [3.8, 4) is 5.75 Å². The lowest BCUT2D eigenvalue weighted by Gasteiger charge is -2.07. The second-order valence-corrected chi connectivity index (χ2v) is 6.63. The molecule has 0 bridgehead atoms. The van der Waals surface area contributed by atoms with Crippen LogP contribution < -0.4 is 10.0 Å². The number of aliphatic hydroxyl groups is 1. The molecule has 76 valence electrons. The second kappa shape index (κ2) is 7.49. The van der Waals surface area contributed by atoms with Crippen molar-refractivity contribution in [1.29, 1.82) is 0 Å². The van der Waals surface area contributed by atoms with Gasteiger partial charge in [0.15, 0.2) is 0 Å². The standard InChI is InChI=1S/C8H9BIO2P.CH4/c9-13(10)8-3-1-7(2-4-8)12-6-5-11;/h1-4,11H,5-6H2;1H4. The lowest BCUT2D eigenvalue weighted by atomic mass is 10.3. The van der Waals surface area contributed by atoms with Gasteiger partial charge in [-0.2, -0.15) is 0 Å². The van der Waals surface area contributed by atoms with Crippen LogP contribution in [0.1, 0.15) is 7.43 Å². The Labute approximate surface area is 101 Å². The van der Waals surface area contributed by atoms with Gasteiger partial charge in [0, 0.05) is 0 Å². The maximum atomic E-state index is 8.53. The molecular formula is C9H13BIO2P. The molecule has 1 unspecified atom stereocenters. The van der Waals surface area contributed by atoms with Gasteiger partial charge in [-0.05, 0) is 17.4 Å². The van der Waals surface area contributed by atoms with Gasteiger partial charge in [0.25, 0.3) is 0 Å². The molecule has 0 fully saturated rings. The Morgan fingerprint density at radius 2 is 1.93 bits per heavy atom. The third-order valence-corrected chi connectivity index (χ3v) is 3.91.